The van der Waals surface area contributed by atoms with E-state index in [1.807, 2.05) is 6.92 Å². The molecule has 1 unspecified atom stereocenters. The van der Waals surface area contributed by atoms with Gasteiger partial charge in [-0.25, -0.2) is 0 Å². The van der Waals surface area contributed by atoms with Crippen LogP contribution in [0.2, 0.25) is 0 Å². The summed E-state index contributed by atoms with van der Waals surface area (Å²) in [5.41, 5.74) is 0. The molecule has 71 valence electrons. The van der Waals surface area contributed by atoms with E-state index >= 15 is 0 Å². The maximum absolute atomic E-state index is 11.2. The number of unbranched alkanes of at least 4 members (excludes halogenated alkanes) is 1. The van der Waals surface area contributed by atoms with Crippen LogP contribution < -0.4 is 5.32 Å². The number of hydrogen-bond acceptors (Lipinski definition) is 1. The third-order valence-electron chi connectivity index (χ3n) is 1.80. The number of nitrogens with one attached hydrogen (secondary N) is 1. The molecule has 0 aliphatic carbocycles. The Labute approximate surface area is 75.7 Å². The molecule has 0 rings (SSSR count). The lowest BCUT2D eigenvalue weighted by Crippen LogP contribution is -2.32. The molecule has 0 saturated carbocycles. The summed E-state index contributed by atoms with van der Waals surface area (Å²) in [6, 6.07) is 0.284. The Kier molecular flexibility index (Phi) is 6.82. The minimum absolute atomic E-state index is 0.179. The van der Waals surface area contributed by atoms with E-state index in [2.05, 4.69) is 19.2 Å². The number of carbonyl (C=O) groups excluding carboxylic acids is 1. The summed E-state index contributed by atoms with van der Waals surface area (Å²) in [6.45, 7) is 7.86. The second kappa shape index (κ2) is 7.14. The summed E-state index contributed by atoms with van der Waals surface area (Å²) in [5.74, 6) is 0.179. The minimum atomic E-state index is 0.179. The van der Waals surface area contributed by atoms with Crippen molar-refractivity contribution in [2.75, 3.05) is 0 Å². The molecule has 1 amide bonds. The molecule has 1 N–H and O–H groups in total. The van der Waals surface area contributed by atoms with Crippen molar-refractivity contribution in [2.45, 2.75) is 52.0 Å². The van der Waals surface area contributed by atoms with Crippen LogP contribution in [0.3, 0.4) is 0 Å². The van der Waals surface area contributed by atoms with Crippen molar-refractivity contribution in [1.82, 2.24) is 5.32 Å². The van der Waals surface area contributed by atoms with Gasteiger partial charge in [-0.3, -0.25) is 4.79 Å². The first-order valence-electron chi connectivity index (χ1n) is 4.79. The predicted octanol–water partition coefficient (Wildman–Crippen LogP) is 2.30. The van der Waals surface area contributed by atoms with Crippen LogP contribution in [0.4, 0.5) is 0 Å². The summed E-state index contributed by atoms with van der Waals surface area (Å²) in [6.07, 6.45) is 4.59. The molecular weight excluding hydrogens is 150 g/mol. The van der Waals surface area contributed by atoms with Gasteiger partial charge in [0.25, 0.3) is 0 Å². The van der Waals surface area contributed by atoms with Crippen molar-refractivity contribution >= 4 is 5.91 Å². The smallest absolute Gasteiger partial charge is 0.220 e. The average Bonchev–Trinajstić information content (AvgIpc) is 2.01. The Bertz CT molecular complexity index is 123. The first-order chi connectivity index (χ1) is 5.70. The number of amides is 1. The molecule has 0 aliphatic rings. The van der Waals surface area contributed by atoms with Gasteiger partial charge in [0.2, 0.25) is 5.91 Å². The quantitative estimate of drug-likeness (QED) is 0.651. The predicted molar refractivity (Wildman–Crippen MR) is 51.7 cm³/mol. The van der Waals surface area contributed by atoms with Crippen molar-refractivity contribution < 1.29 is 4.79 Å². The average molecular weight is 170 g/mol. The molecule has 0 spiro atoms. The maximum atomic E-state index is 11.2. The van der Waals surface area contributed by atoms with Gasteiger partial charge in [0, 0.05) is 12.5 Å². The molecular formula is C10H20NO. The lowest BCUT2D eigenvalue weighted by Gasteiger charge is -2.11. The molecule has 0 aliphatic heterocycles. The lowest BCUT2D eigenvalue weighted by atomic mass is 10.2. The van der Waals surface area contributed by atoms with E-state index in [1.165, 1.54) is 0 Å². The lowest BCUT2D eigenvalue weighted by molar-refractivity contribution is -0.121. The number of carbonyl (C=O) groups is 1. The second-order valence-electron chi connectivity index (χ2n) is 3.21. The largest absolute Gasteiger partial charge is 0.354 e. The van der Waals surface area contributed by atoms with Crippen LogP contribution in [0.25, 0.3) is 0 Å². The highest BCUT2D eigenvalue weighted by Gasteiger charge is 2.04. The second-order valence-corrected chi connectivity index (χ2v) is 3.21. The highest BCUT2D eigenvalue weighted by molar-refractivity contribution is 5.76. The number of hydrogen-bond donors (Lipinski definition) is 1. The fourth-order valence-electron chi connectivity index (χ4n) is 1.06. The van der Waals surface area contributed by atoms with Gasteiger partial charge in [-0.15, -0.1) is 0 Å². The molecule has 0 aromatic rings. The van der Waals surface area contributed by atoms with Gasteiger partial charge >= 0.3 is 0 Å². The van der Waals surface area contributed by atoms with Crippen LogP contribution in [0.15, 0.2) is 0 Å². The van der Waals surface area contributed by atoms with Crippen LogP contribution in [-0.4, -0.2) is 11.9 Å². The zero-order chi connectivity index (χ0) is 9.40. The Morgan fingerprint density at radius 1 is 1.58 bits per heavy atom. The van der Waals surface area contributed by atoms with Gasteiger partial charge in [-0.05, 0) is 19.8 Å². The van der Waals surface area contributed by atoms with Gasteiger partial charge in [0.1, 0.15) is 0 Å². The first kappa shape index (κ1) is 11.5. The molecule has 1 atom stereocenters. The number of rotatable bonds is 6. The van der Waals surface area contributed by atoms with Gasteiger partial charge in [-0.2, -0.15) is 0 Å². The Morgan fingerprint density at radius 2 is 2.25 bits per heavy atom. The highest BCUT2D eigenvalue weighted by atomic mass is 16.1. The van der Waals surface area contributed by atoms with Gasteiger partial charge in [0.05, 0.1) is 0 Å². The molecule has 0 saturated heterocycles. The monoisotopic (exact) mass is 170 g/mol. The van der Waals surface area contributed by atoms with Crippen LogP contribution in [0.5, 0.6) is 0 Å². The zero-order valence-electron chi connectivity index (χ0n) is 8.23. The fraction of sp³-hybridized carbons (Fsp3) is 0.800. The van der Waals surface area contributed by atoms with E-state index in [-0.39, 0.29) is 11.9 Å². The topological polar surface area (TPSA) is 29.1 Å². The zero-order valence-corrected chi connectivity index (χ0v) is 8.23. The molecule has 0 aromatic carbocycles. The maximum Gasteiger partial charge on any atom is 0.220 e. The third kappa shape index (κ3) is 6.20. The van der Waals surface area contributed by atoms with Crippen molar-refractivity contribution in [3.8, 4) is 0 Å². The fourth-order valence-corrected chi connectivity index (χ4v) is 1.06. The van der Waals surface area contributed by atoms with E-state index in [0.717, 1.165) is 25.7 Å². The van der Waals surface area contributed by atoms with Crippen LogP contribution >= 0.6 is 0 Å². The molecule has 1 radical (unpaired) electrons. The highest BCUT2D eigenvalue weighted by Crippen LogP contribution is 1.97. The molecule has 0 aromatic heterocycles. The molecule has 0 fully saturated rings. The van der Waals surface area contributed by atoms with Crippen LogP contribution in [0, 0.1) is 6.92 Å². The van der Waals surface area contributed by atoms with Crippen molar-refractivity contribution in [3.63, 3.8) is 0 Å². The van der Waals surface area contributed by atoms with Crippen LogP contribution in [0.1, 0.15) is 46.0 Å². The Morgan fingerprint density at radius 3 is 2.75 bits per heavy atom. The normalized spacial score (nSPS) is 12.6. The van der Waals surface area contributed by atoms with Gasteiger partial charge in [-0.1, -0.05) is 26.7 Å². The molecule has 12 heavy (non-hydrogen) atoms. The molecule has 0 heterocycles. The summed E-state index contributed by atoms with van der Waals surface area (Å²) >= 11 is 0. The van der Waals surface area contributed by atoms with Crippen LogP contribution in [-0.2, 0) is 4.79 Å². The van der Waals surface area contributed by atoms with Gasteiger partial charge in [0.15, 0.2) is 0 Å². The van der Waals surface area contributed by atoms with E-state index in [1.54, 1.807) is 0 Å². The van der Waals surface area contributed by atoms with E-state index in [0.29, 0.717) is 6.42 Å². The molecule has 2 nitrogen and oxygen atoms in total. The van der Waals surface area contributed by atoms with Crippen molar-refractivity contribution in [3.05, 3.63) is 6.92 Å². The third-order valence-corrected chi connectivity index (χ3v) is 1.80. The van der Waals surface area contributed by atoms with E-state index in [4.69, 9.17) is 0 Å². The Balaban J connectivity index is 3.40. The summed E-state index contributed by atoms with van der Waals surface area (Å²) in [4.78, 5) is 11.2. The van der Waals surface area contributed by atoms with Crippen molar-refractivity contribution in [1.29, 1.82) is 0 Å². The first-order valence-corrected chi connectivity index (χ1v) is 4.79. The van der Waals surface area contributed by atoms with Gasteiger partial charge < -0.3 is 5.32 Å². The summed E-state index contributed by atoms with van der Waals surface area (Å²) < 4.78 is 0. The standard InChI is InChI=1S/C10H20NO/c1-4-6-8-10(12)11-9(3)7-5-2/h9H,2,4-8H2,1,3H3,(H,11,12). The summed E-state index contributed by atoms with van der Waals surface area (Å²) in [5, 5.41) is 2.94. The molecule has 2 heteroatoms. The SMILES string of the molecule is [CH2]CCC(C)NC(=O)CCCC. The van der Waals surface area contributed by atoms with E-state index in [9.17, 15) is 4.79 Å². The Hall–Kier alpha value is -0.530. The molecule has 0 bridgehead atoms. The van der Waals surface area contributed by atoms with Crippen molar-refractivity contribution in [2.24, 2.45) is 0 Å². The van der Waals surface area contributed by atoms with E-state index < -0.39 is 0 Å². The summed E-state index contributed by atoms with van der Waals surface area (Å²) in [7, 11) is 0. The minimum Gasteiger partial charge on any atom is -0.354 e.